The summed E-state index contributed by atoms with van der Waals surface area (Å²) in [6.07, 6.45) is 8.80. The second kappa shape index (κ2) is 12.3. The summed E-state index contributed by atoms with van der Waals surface area (Å²) in [4.78, 5) is 38.0. The Morgan fingerprint density at radius 1 is 0.974 bits per heavy atom. The van der Waals surface area contributed by atoms with Crippen LogP contribution >= 0.6 is 24.0 Å². The molecule has 4 heterocycles. The lowest BCUT2D eigenvalue weighted by Gasteiger charge is -2.37. The van der Waals surface area contributed by atoms with Crippen molar-refractivity contribution in [2.24, 2.45) is 0 Å². The summed E-state index contributed by atoms with van der Waals surface area (Å²) in [6, 6.07) is 12.2. The second-order valence-corrected chi connectivity index (χ2v) is 11.4. The van der Waals surface area contributed by atoms with E-state index >= 15 is 0 Å². The van der Waals surface area contributed by atoms with Crippen LogP contribution in [-0.2, 0) is 4.79 Å². The Labute approximate surface area is 237 Å². The number of amides is 1. The number of nitrogens with zero attached hydrogens (tertiary/aromatic N) is 5. The predicted octanol–water partition coefficient (Wildman–Crippen LogP) is 5.33. The first-order chi connectivity index (χ1) is 19.0. The predicted molar refractivity (Wildman–Crippen MR) is 161 cm³/mol. The van der Waals surface area contributed by atoms with Gasteiger partial charge >= 0.3 is 0 Å². The van der Waals surface area contributed by atoms with Gasteiger partial charge in [-0.15, -0.1) is 0 Å². The first-order valence-electron chi connectivity index (χ1n) is 13.5. The minimum atomic E-state index is -0.249. The lowest BCUT2D eigenvalue weighted by atomic mass is 10.1. The van der Waals surface area contributed by atoms with Crippen LogP contribution in [0.4, 0.5) is 15.9 Å². The molecule has 0 aliphatic carbocycles. The number of carbonyl (C=O) groups excluding carboxylic acids is 1. The van der Waals surface area contributed by atoms with Gasteiger partial charge in [0.1, 0.15) is 21.6 Å². The van der Waals surface area contributed by atoms with Crippen molar-refractivity contribution in [3.63, 3.8) is 0 Å². The van der Waals surface area contributed by atoms with E-state index in [0.717, 1.165) is 19.3 Å². The molecule has 0 saturated carbocycles. The van der Waals surface area contributed by atoms with Gasteiger partial charge < -0.3 is 9.80 Å². The van der Waals surface area contributed by atoms with E-state index in [1.807, 2.05) is 21.9 Å². The number of benzene rings is 1. The summed E-state index contributed by atoms with van der Waals surface area (Å²) in [5.41, 5.74) is 1.23. The monoisotopic (exact) mass is 565 g/mol. The maximum Gasteiger partial charge on any atom is 0.267 e. The Kier molecular flexibility index (Phi) is 8.62. The van der Waals surface area contributed by atoms with Crippen LogP contribution in [-0.4, -0.2) is 57.2 Å². The molecule has 0 N–H and O–H groups in total. The van der Waals surface area contributed by atoms with Crippen LogP contribution in [0.3, 0.4) is 0 Å². The molecule has 3 aromatic rings. The highest BCUT2D eigenvalue weighted by Gasteiger charge is 2.33. The van der Waals surface area contributed by atoms with Crippen LogP contribution in [0, 0.1) is 5.82 Å². The topological polar surface area (TPSA) is 61.2 Å². The lowest BCUT2D eigenvalue weighted by molar-refractivity contribution is -0.122. The third kappa shape index (κ3) is 5.86. The van der Waals surface area contributed by atoms with Gasteiger partial charge in [-0.05, 0) is 36.8 Å². The van der Waals surface area contributed by atoms with Gasteiger partial charge in [-0.3, -0.25) is 18.9 Å². The van der Waals surface area contributed by atoms with Crippen molar-refractivity contribution in [1.82, 2.24) is 14.3 Å². The number of aromatic nitrogens is 2. The van der Waals surface area contributed by atoms with Crippen molar-refractivity contribution in [3.8, 4) is 0 Å². The van der Waals surface area contributed by atoms with Crippen LogP contribution in [0.25, 0.3) is 11.7 Å². The lowest BCUT2D eigenvalue weighted by Crippen LogP contribution is -2.47. The number of pyridine rings is 1. The Hall–Kier alpha value is -3.24. The molecule has 0 radical (unpaired) electrons. The van der Waals surface area contributed by atoms with E-state index in [1.165, 1.54) is 35.1 Å². The molecule has 5 rings (SSSR count). The molecule has 0 spiro atoms. The van der Waals surface area contributed by atoms with Gasteiger partial charge in [-0.2, -0.15) is 0 Å². The minimum absolute atomic E-state index is 0.159. The molecule has 1 amide bonds. The first kappa shape index (κ1) is 27.3. The fourth-order valence-corrected chi connectivity index (χ4v) is 6.31. The Morgan fingerprint density at radius 2 is 1.69 bits per heavy atom. The van der Waals surface area contributed by atoms with Crippen molar-refractivity contribution in [1.29, 1.82) is 0 Å². The van der Waals surface area contributed by atoms with E-state index in [9.17, 15) is 14.0 Å². The summed E-state index contributed by atoms with van der Waals surface area (Å²) in [6.45, 7) is 5.04. The number of para-hydroxylation sites is 1. The number of thioether (sulfide) groups is 1. The van der Waals surface area contributed by atoms with Gasteiger partial charge in [0.05, 0.1) is 16.2 Å². The SMILES string of the molecule is CCCCCCCN1C(=O)C(=Cc2c(N3CCN(c4ccccc4F)CC3)nc3ccccn3c2=O)SC1=S. The van der Waals surface area contributed by atoms with Crippen molar-refractivity contribution < 1.29 is 9.18 Å². The van der Waals surface area contributed by atoms with Gasteiger partial charge in [-0.1, -0.05) is 74.8 Å². The summed E-state index contributed by atoms with van der Waals surface area (Å²) < 4.78 is 16.4. The highest BCUT2D eigenvalue weighted by Crippen LogP contribution is 2.34. The summed E-state index contributed by atoms with van der Waals surface area (Å²) >= 11 is 6.77. The standard InChI is InChI=1S/C29H32FN5O2S2/c1-2-3-4-5-9-15-35-28(37)24(39-29(35)38)20-21-26(31-25-13-8-10-14-34(25)27(21)36)33-18-16-32(17-19-33)23-12-7-6-11-22(23)30/h6-8,10-14,20H,2-5,9,15-19H2,1H3. The largest absolute Gasteiger partial charge is 0.366 e. The fourth-order valence-electron chi connectivity index (χ4n) is 5.02. The summed E-state index contributed by atoms with van der Waals surface area (Å²) in [5, 5.41) is 0. The van der Waals surface area contributed by atoms with E-state index in [-0.39, 0.29) is 17.3 Å². The maximum absolute atomic E-state index is 14.4. The van der Waals surface area contributed by atoms with Crippen molar-refractivity contribution in [2.75, 3.05) is 42.5 Å². The number of hydrogen-bond donors (Lipinski definition) is 0. The molecule has 2 aromatic heterocycles. The fraction of sp³-hybridized carbons (Fsp3) is 0.379. The van der Waals surface area contributed by atoms with Crippen molar-refractivity contribution in [2.45, 2.75) is 39.0 Å². The van der Waals surface area contributed by atoms with E-state index < -0.39 is 0 Å². The van der Waals surface area contributed by atoms with Crippen LogP contribution < -0.4 is 15.4 Å². The first-order valence-corrected chi connectivity index (χ1v) is 14.7. The zero-order valence-corrected chi connectivity index (χ0v) is 23.6. The van der Waals surface area contributed by atoms with Crippen molar-refractivity contribution >= 4 is 57.4 Å². The number of fused-ring (bicyclic) bond motifs is 1. The molecule has 7 nitrogen and oxygen atoms in total. The normalized spacial score (nSPS) is 17.2. The number of anilines is 2. The minimum Gasteiger partial charge on any atom is -0.366 e. The number of rotatable bonds is 9. The summed E-state index contributed by atoms with van der Waals surface area (Å²) in [7, 11) is 0. The average Bonchev–Trinajstić information content (AvgIpc) is 3.22. The molecular weight excluding hydrogens is 533 g/mol. The zero-order chi connectivity index (χ0) is 27.4. The van der Waals surface area contributed by atoms with Gasteiger partial charge in [0.15, 0.2) is 0 Å². The molecule has 39 heavy (non-hydrogen) atoms. The van der Waals surface area contributed by atoms with Crippen LogP contribution in [0.1, 0.15) is 44.6 Å². The van der Waals surface area contributed by atoms with Crippen LogP contribution in [0.2, 0.25) is 0 Å². The van der Waals surface area contributed by atoms with E-state index in [1.54, 1.807) is 41.4 Å². The van der Waals surface area contributed by atoms with Crippen LogP contribution in [0.5, 0.6) is 0 Å². The molecule has 0 bridgehead atoms. The van der Waals surface area contributed by atoms with E-state index in [0.29, 0.717) is 64.7 Å². The van der Waals surface area contributed by atoms with Gasteiger partial charge in [0.25, 0.3) is 11.5 Å². The van der Waals surface area contributed by atoms with Crippen molar-refractivity contribution in [3.05, 3.63) is 75.3 Å². The Balaban J connectivity index is 1.42. The highest BCUT2D eigenvalue weighted by molar-refractivity contribution is 8.26. The van der Waals surface area contributed by atoms with E-state index in [2.05, 4.69) is 6.92 Å². The van der Waals surface area contributed by atoms with E-state index in [4.69, 9.17) is 17.2 Å². The molecule has 10 heteroatoms. The molecule has 0 unspecified atom stereocenters. The molecule has 2 saturated heterocycles. The number of piperazine rings is 1. The Morgan fingerprint density at radius 3 is 2.46 bits per heavy atom. The third-order valence-corrected chi connectivity index (χ3v) is 8.53. The molecular formula is C29H32FN5O2S2. The number of thiocarbonyl (C=S) groups is 1. The number of unbranched alkanes of at least 4 members (excludes halogenated alkanes) is 4. The van der Waals surface area contributed by atoms with Crippen LogP contribution in [0.15, 0.2) is 58.4 Å². The quantitative estimate of drug-likeness (QED) is 0.197. The van der Waals surface area contributed by atoms with Gasteiger partial charge in [0, 0.05) is 38.9 Å². The molecule has 2 aliphatic rings. The number of carbonyl (C=O) groups is 1. The Bertz CT molecular complexity index is 1470. The maximum atomic E-state index is 14.4. The van der Waals surface area contributed by atoms with Gasteiger partial charge in [0.2, 0.25) is 0 Å². The summed E-state index contributed by atoms with van der Waals surface area (Å²) in [5.74, 6) is 0.124. The number of halogens is 1. The smallest absolute Gasteiger partial charge is 0.267 e. The third-order valence-electron chi connectivity index (χ3n) is 7.16. The number of hydrogen-bond acceptors (Lipinski definition) is 7. The second-order valence-electron chi connectivity index (χ2n) is 9.76. The highest BCUT2D eigenvalue weighted by atomic mass is 32.2. The molecule has 0 atom stereocenters. The molecule has 2 aliphatic heterocycles. The molecule has 204 valence electrons. The zero-order valence-electron chi connectivity index (χ0n) is 22.0. The average molecular weight is 566 g/mol. The molecule has 2 fully saturated rings. The molecule has 1 aromatic carbocycles. The van der Waals surface area contributed by atoms with Gasteiger partial charge in [-0.25, -0.2) is 9.37 Å².